The number of hydrogen-bond donors (Lipinski definition) is 0. The molecule has 2 amide bonds. The Bertz CT molecular complexity index is 606. The van der Waals surface area contributed by atoms with Crippen LogP contribution in [0.25, 0.3) is 0 Å². The largest absolute Gasteiger partial charge is 0.343 e. The molecule has 0 bridgehead atoms. The Hall–Kier alpha value is -1.14. The molecule has 2 atom stereocenters. The average Bonchev–Trinajstić information content (AvgIpc) is 2.58. The molecule has 4 fully saturated rings. The van der Waals surface area contributed by atoms with Gasteiger partial charge in [-0.05, 0) is 64.1 Å². The van der Waals surface area contributed by atoms with E-state index in [0.29, 0.717) is 23.7 Å². The Morgan fingerprint density at radius 1 is 0.786 bits per heavy atom. The summed E-state index contributed by atoms with van der Waals surface area (Å²) in [4.78, 5) is 32.9. The third-order valence-corrected chi connectivity index (χ3v) is 8.50. The van der Waals surface area contributed by atoms with Crippen LogP contribution in [-0.2, 0) is 9.59 Å². The summed E-state index contributed by atoms with van der Waals surface area (Å²) in [6, 6.07) is 0. The number of hydrogen-bond acceptors (Lipinski definition) is 4. The van der Waals surface area contributed by atoms with Gasteiger partial charge >= 0.3 is 0 Å². The van der Waals surface area contributed by atoms with E-state index in [1.807, 2.05) is 9.80 Å². The SMILES string of the molecule is CC(=O)N1CCC(C2(C3CN(C)C3)C(C3CN(C(C)=O)C3)CCCN2C)CC1. The fraction of sp³-hybridized carbons (Fsp3) is 0.909. The lowest BCUT2D eigenvalue weighted by molar-refractivity contribution is -0.167. The van der Waals surface area contributed by atoms with Crippen LogP contribution < -0.4 is 0 Å². The average molecular weight is 391 g/mol. The molecule has 0 radical (unpaired) electrons. The van der Waals surface area contributed by atoms with Crippen LogP contribution in [0.2, 0.25) is 0 Å². The Morgan fingerprint density at radius 2 is 1.39 bits per heavy atom. The maximum atomic E-state index is 11.9. The summed E-state index contributed by atoms with van der Waals surface area (Å²) in [6.07, 6.45) is 4.83. The molecule has 4 saturated heterocycles. The first-order valence-electron chi connectivity index (χ1n) is 11.2. The Morgan fingerprint density at radius 3 is 1.93 bits per heavy atom. The second-order valence-electron chi connectivity index (χ2n) is 9.94. The van der Waals surface area contributed by atoms with Gasteiger partial charge in [-0.1, -0.05) is 0 Å². The second kappa shape index (κ2) is 7.60. The zero-order chi connectivity index (χ0) is 20.1. The van der Waals surface area contributed by atoms with Crippen molar-refractivity contribution in [1.29, 1.82) is 0 Å². The fourth-order valence-electron chi connectivity index (χ4n) is 7.10. The molecular formula is C22H38N4O2. The van der Waals surface area contributed by atoms with Gasteiger partial charge in [0, 0.05) is 64.6 Å². The maximum absolute atomic E-state index is 11.9. The molecule has 0 spiro atoms. The molecule has 4 aliphatic heterocycles. The smallest absolute Gasteiger partial charge is 0.219 e. The number of likely N-dealkylation sites (tertiary alicyclic amines) is 4. The van der Waals surface area contributed by atoms with Crippen LogP contribution in [0.15, 0.2) is 0 Å². The van der Waals surface area contributed by atoms with E-state index in [0.717, 1.165) is 39.0 Å². The summed E-state index contributed by atoms with van der Waals surface area (Å²) in [7, 11) is 4.60. The fourth-order valence-corrected chi connectivity index (χ4v) is 7.10. The van der Waals surface area contributed by atoms with Crippen molar-refractivity contribution in [2.75, 3.05) is 59.9 Å². The van der Waals surface area contributed by atoms with Gasteiger partial charge in [0.2, 0.25) is 11.8 Å². The van der Waals surface area contributed by atoms with Gasteiger partial charge in [-0.25, -0.2) is 0 Å². The monoisotopic (exact) mass is 390 g/mol. The van der Waals surface area contributed by atoms with Crippen LogP contribution in [-0.4, -0.2) is 96.9 Å². The summed E-state index contributed by atoms with van der Waals surface area (Å²) in [5.41, 5.74) is 0.237. The first kappa shape index (κ1) is 20.1. The van der Waals surface area contributed by atoms with Crippen LogP contribution in [0.1, 0.15) is 39.5 Å². The van der Waals surface area contributed by atoms with E-state index in [1.165, 1.54) is 32.5 Å². The minimum atomic E-state index is 0.223. The molecule has 4 heterocycles. The molecule has 0 aromatic rings. The summed E-state index contributed by atoms with van der Waals surface area (Å²) >= 11 is 0. The summed E-state index contributed by atoms with van der Waals surface area (Å²) in [5.74, 6) is 3.14. The highest BCUT2D eigenvalue weighted by Crippen LogP contribution is 2.53. The Kier molecular flexibility index (Phi) is 5.47. The van der Waals surface area contributed by atoms with Crippen molar-refractivity contribution < 1.29 is 9.59 Å². The molecule has 158 valence electrons. The zero-order valence-corrected chi connectivity index (χ0v) is 18.2. The van der Waals surface area contributed by atoms with Crippen molar-refractivity contribution in [2.24, 2.45) is 23.7 Å². The predicted molar refractivity (Wildman–Crippen MR) is 110 cm³/mol. The molecule has 0 aromatic heterocycles. The molecule has 6 heteroatoms. The van der Waals surface area contributed by atoms with E-state index in [9.17, 15) is 9.59 Å². The molecule has 2 unspecified atom stereocenters. The van der Waals surface area contributed by atoms with Crippen LogP contribution in [0, 0.1) is 23.7 Å². The third-order valence-electron chi connectivity index (χ3n) is 8.50. The van der Waals surface area contributed by atoms with Gasteiger partial charge in [0.25, 0.3) is 0 Å². The number of carbonyl (C=O) groups excluding carboxylic acids is 2. The lowest BCUT2D eigenvalue weighted by Crippen LogP contribution is -2.74. The standard InChI is InChI=1S/C22H38N4O2/c1-16(27)25-10-7-19(8-11-25)22(20-14-23(3)15-20)21(6-5-9-24(22)4)18-12-26(13-18)17(2)28/h18-21H,5-15H2,1-4H3. The van der Waals surface area contributed by atoms with E-state index in [2.05, 4.69) is 23.9 Å². The lowest BCUT2D eigenvalue weighted by Gasteiger charge is -2.66. The van der Waals surface area contributed by atoms with Gasteiger partial charge in [0.15, 0.2) is 0 Å². The summed E-state index contributed by atoms with van der Waals surface area (Å²) < 4.78 is 0. The molecular weight excluding hydrogens is 352 g/mol. The number of carbonyl (C=O) groups is 2. The van der Waals surface area contributed by atoms with Gasteiger partial charge in [0.05, 0.1) is 0 Å². The van der Waals surface area contributed by atoms with Crippen molar-refractivity contribution in [3.05, 3.63) is 0 Å². The van der Waals surface area contributed by atoms with E-state index >= 15 is 0 Å². The quantitative estimate of drug-likeness (QED) is 0.730. The van der Waals surface area contributed by atoms with Gasteiger partial charge in [0.1, 0.15) is 0 Å². The molecule has 4 rings (SSSR count). The van der Waals surface area contributed by atoms with E-state index in [-0.39, 0.29) is 17.4 Å². The van der Waals surface area contributed by atoms with Gasteiger partial charge in [-0.2, -0.15) is 0 Å². The summed E-state index contributed by atoms with van der Waals surface area (Å²) in [5, 5.41) is 0. The zero-order valence-electron chi connectivity index (χ0n) is 18.2. The van der Waals surface area contributed by atoms with Crippen molar-refractivity contribution >= 4 is 11.8 Å². The molecule has 0 aliphatic carbocycles. The maximum Gasteiger partial charge on any atom is 0.219 e. The number of piperidine rings is 2. The number of nitrogens with zero attached hydrogens (tertiary/aromatic N) is 4. The first-order chi connectivity index (χ1) is 13.3. The van der Waals surface area contributed by atoms with Crippen molar-refractivity contribution in [2.45, 2.75) is 45.1 Å². The minimum Gasteiger partial charge on any atom is -0.343 e. The van der Waals surface area contributed by atoms with Crippen molar-refractivity contribution in [1.82, 2.24) is 19.6 Å². The Balaban J connectivity index is 1.60. The highest BCUT2D eigenvalue weighted by Gasteiger charge is 2.60. The second-order valence-corrected chi connectivity index (χ2v) is 9.94. The van der Waals surface area contributed by atoms with Crippen LogP contribution >= 0.6 is 0 Å². The van der Waals surface area contributed by atoms with Crippen molar-refractivity contribution in [3.8, 4) is 0 Å². The molecule has 0 saturated carbocycles. The van der Waals surface area contributed by atoms with E-state index in [1.54, 1.807) is 13.8 Å². The molecule has 6 nitrogen and oxygen atoms in total. The molecule has 28 heavy (non-hydrogen) atoms. The van der Waals surface area contributed by atoms with Crippen LogP contribution in [0.5, 0.6) is 0 Å². The number of rotatable bonds is 3. The van der Waals surface area contributed by atoms with Crippen LogP contribution in [0.3, 0.4) is 0 Å². The molecule has 0 N–H and O–H groups in total. The normalized spacial score (nSPS) is 34.2. The van der Waals surface area contributed by atoms with Crippen molar-refractivity contribution in [3.63, 3.8) is 0 Å². The van der Waals surface area contributed by atoms with Gasteiger partial charge < -0.3 is 14.7 Å². The van der Waals surface area contributed by atoms with E-state index in [4.69, 9.17) is 0 Å². The van der Waals surface area contributed by atoms with E-state index < -0.39 is 0 Å². The topological polar surface area (TPSA) is 47.1 Å². The molecule has 4 aliphatic rings. The third kappa shape index (κ3) is 3.17. The highest BCUT2D eigenvalue weighted by atomic mass is 16.2. The van der Waals surface area contributed by atoms with Gasteiger partial charge in [-0.15, -0.1) is 0 Å². The minimum absolute atomic E-state index is 0.223. The molecule has 0 aromatic carbocycles. The van der Waals surface area contributed by atoms with Gasteiger partial charge in [-0.3, -0.25) is 14.5 Å². The Labute approximate surface area is 170 Å². The summed E-state index contributed by atoms with van der Waals surface area (Å²) in [6.45, 7) is 10.7. The number of amides is 2. The predicted octanol–water partition coefficient (Wildman–Crippen LogP) is 1.37. The van der Waals surface area contributed by atoms with Crippen LogP contribution in [0.4, 0.5) is 0 Å². The lowest BCUT2D eigenvalue weighted by atomic mass is 9.54. The first-order valence-corrected chi connectivity index (χ1v) is 11.2. The highest BCUT2D eigenvalue weighted by molar-refractivity contribution is 5.74.